The summed E-state index contributed by atoms with van der Waals surface area (Å²) in [5.41, 5.74) is 4.67. The first kappa shape index (κ1) is 21.3. The van der Waals surface area contributed by atoms with Crippen molar-refractivity contribution < 1.29 is 9.90 Å². The summed E-state index contributed by atoms with van der Waals surface area (Å²) < 4.78 is 2.25. The Morgan fingerprint density at radius 3 is 2.66 bits per heavy atom. The van der Waals surface area contributed by atoms with Gasteiger partial charge in [-0.05, 0) is 85.0 Å². The van der Waals surface area contributed by atoms with E-state index in [9.17, 15) is 9.90 Å². The zero-order chi connectivity index (χ0) is 23.6. The van der Waals surface area contributed by atoms with E-state index in [-0.39, 0.29) is 29.5 Å². The minimum atomic E-state index is -0.351. The van der Waals surface area contributed by atoms with Crippen molar-refractivity contribution in [1.82, 2.24) is 19.9 Å². The summed E-state index contributed by atoms with van der Waals surface area (Å²) in [5, 5.41) is 15.2. The van der Waals surface area contributed by atoms with Crippen molar-refractivity contribution in [3.05, 3.63) is 72.4 Å². The summed E-state index contributed by atoms with van der Waals surface area (Å²) in [7, 11) is 0. The quantitative estimate of drug-likeness (QED) is 0.570. The third-order valence-corrected chi connectivity index (χ3v) is 9.51. The Kier molecular flexibility index (Phi) is 4.88. The van der Waals surface area contributed by atoms with Gasteiger partial charge in [-0.25, -0.2) is 4.98 Å². The number of carbonyl (C=O) groups excluding carboxylic acids is 1. The molecule has 2 N–H and O–H groups in total. The van der Waals surface area contributed by atoms with Crippen LogP contribution in [-0.4, -0.2) is 37.7 Å². The third kappa shape index (κ3) is 3.45. The van der Waals surface area contributed by atoms with E-state index in [1.165, 1.54) is 24.0 Å². The number of rotatable bonds is 6. The largest absolute Gasteiger partial charge is 0.392 e. The molecule has 3 aromatic rings. The molecule has 35 heavy (non-hydrogen) atoms. The van der Waals surface area contributed by atoms with E-state index in [1.807, 2.05) is 24.7 Å². The van der Waals surface area contributed by atoms with Gasteiger partial charge in [-0.15, -0.1) is 0 Å². The highest BCUT2D eigenvalue weighted by Crippen LogP contribution is 2.62. The first-order valence-corrected chi connectivity index (χ1v) is 13.1. The minimum absolute atomic E-state index is 0.0267. The van der Waals surface area contributed by atoms with Crippen LogP contribution < -0.4 is 5.32 Å². The molecule has 1 aliphatic heterocycles. The fraction of sp³-hybridized carbons (Fsp3) is 0.483. The van der Waals surface area contributed by atoms with Gasteiger partial charge in [0.2, 0.25) is 5.91 Å². The molecule has 1 amide bonds. The molecule has 3 heterocycles. The van der Waals surface area contributed by atoms with Gasteiger partial charge in [0.05, 0.1) is 36.8 Å². The lowest BCUT2D eigenvalue weighted by molar-refractivity contribution is -0.145. The number of imidazole rings is 1. The lowest BCUT2D eigenvalue weighted by Crippen LogP contribution is -2.62. The highest BCUT2D eigenvalue weighted by atomic mass is 16.3. The molecule has 6 nitrogen and oxygen atoms in total. The molecule has 6 heteroatoms. The summed E-state index contributed by atoms with van der Waals surface area (Å²) in [6, 6.07) is 12.8. The predicted molar refractivity (Wildman–Crippen MR) is 132 cm³/mol. The minimum Gasteiger partial charge on any atom is -0.392 e. The van der Waals surface area contributed by atoms with Crippen LogP contribution in [0.25, 0.3) is 11.3 Å². The Hall–Kier alpha value is -2.99. The molecule has 2 aromatic heterocycles. The van der Waals surface area contributed by atoms with Crippen LogP contribution in [-0.2, 0) is 11.2 Å². The van der Waals surface area contributed by atoms with Crippen LogP contribution in [0, 0.1) is 23.2 Å². The van der Waals surface area contributed by atoms with E-state index >= 15 is 0 Å². The molecule has 4 fully saturated rings. The summed E-state index contributed by atoms with van der Waals surface area (Å²) in [6.45, 7) is 0. The molecule has 4 saturated carbocycles. The van der Waals surface area contributed by atoms with Crippen LogP contribution in [0.3, 0.4) is 0 Å². The molecule has 8 rings (SSSR count). The number of aliphatic hydroxyl groups excluding tert-OH is 1. The molecule has 1 aromatic carbocycles. The van der Waals surface area contributed by atoms with Gasteiger partial charge in [-0.2, -0.15) is 0 Å². The topological polar surface area (TPSA) is 80.0 Å². The van der Waals surface area contributed by atoms with Crippen LogP contribution in [0.15, 0.2) is 61.3 Å². The average molecular weight is 469 g/mol. The van der Waals surface area contributed by atoms with Crippen LogP contribution >= 0.6 is 0 Å². The lowest BCUT2D eigenvalue weighted by atomic mass is 9.46. The second-order valence-corrected chi connectivity index (χ2v) is 11.5. The Bertz CT molecular complexity index is 1240. The highest BCUT2D eigenvalue weighted by molar-refractivity contribution is 5.79. The zero-order valence-corrected chi connectivity index (χ0v) is 19.9. The van der Waals surface area contributed by atoms with Gasteiger partial charge in [0, 0.05) is 24.0 Å². The summed E-state index contributed by atoms with van der Waals surface area (Å²) in [4.78, 5) is 21.3. The van der Waals surface area contributed by atoms with Crippen LogP contribution in [0.5, 0.6) is 0 Å². The van der Waals surface area contributed by atoms with Crippen molar-refractivity contribution in [3.63, 3.8) is 0 Å². The normalized spacial score (nSPS) is 32.8. The zero-order valence-electron chi connectivity index (χ0n) is 19.9. The fourth-order valence-corrected chi connectivity index (χ4v) is 8.29. The van der Waals surface area contributed by atoms with Crippen LogP contribution in [0.1, 0.15) is 55.7 Å². The number of nitrogens with zero attached hydrogens (tertiary/aromatic N) is 3. The van der Waals surface area contributed by atoms with E-state index in [1.54, 1.807) is 12.4 Å². The van der Waals surface area contributed by atoms with Crippen molar-refractivity contribution in [2.45, 2.75) is 63.1 Å². The number of benzene rings is 1. The standard InChI is InChI=1S/C29H32N4O2/c34-26(12-24-22-3-1-2-4-23(22)25-16-31-17-33(24)25)29-13-19-9-20(14-29)28(21(10-19)15-29)32-27(35)11-18-5-7-30-8-6-18/h1-8,16-17,19-21,24,26,28,34H,9-15H2,(H,32,35). The van der Waals surface area contributed by atoms with Crippen molar-refractivity contribution in [2.75, 3.05) is 0 Å². The number of carbonyl (C=O) groups is 1. The maximum absolute atomic E-state index is 12.9. The van der Waals surface area contributed by atoms with Gasteiger partial charge >= 0.3 is 0 Å². The Morgan fingerprint density at radius 2 is 1.86 bits per heavy atom. The summed E-state index contributed by atoms with van der Waals surface area (Å²) in [6.07, 6.45) is 13.7. The van der Waals surface area contributed by atoms with Crippen molar-refractivity contribution in [1.29, 1.82) is 0 Å². The number of pyridine rings is 1. The SMILES string of the molecule is O=C(Cc1ccncc1)NC1C2CC3CC1CC(C(O)CC1c4ccccc4-c4cncn41)(C3)C2. The first-order chi connectivity index (χ1) is 17.1. The number of fused-ring (bicyclic) bond motifs is 3. The lowest BCUT2D eigenvalue weighted by Gasteiger charge is -2.61. The summed E-state index contributed by atoms with van der Waals surface area (Å²) in [5.74, 6) is 1.72. The second-order valence-electron chi connectivity index (χ2n) is 11.5. The summed E-state index contributed by atoms with van der Waals surface area (Å²) >= 11 is 0. The monoisotopic (exact) mass is 468 g/mol. The third-order valence-electron chi connectivity index (χ3n) is 9.51. The van der Waals surface area contributed by atoms with Gasteiger partial charge < -0.3 is 15.0 Å². The van der Waals surface area contributed by atoms with Crippen molar-refractivity contribution >= 4 is 5.91 Å². The Labute approximate surface area is 205 Å². The molecule has 4 aliphatic carbocycles. The molecule has 4 unspecified atom stereocenters. The Balaban J connectivity index is 1.08. The highest BCUT2D eigenvalue weighted by Gasteiger charge is 2.58. The number of aliphatic hydroxyl groups is 1. The second kappa shape index (κ2) is 8.02. The number of hydrogen-bond acceptors (Lipinski definition) is 4. The number of amides is 1. The van der Waals surface area contributed by atoms with Gasteiger partial charge in [-0.1, -0.05) is 24.3 Å². The maximum Gasteiger partial charge on any atom is 0.224 e. The van der Waals surface area contributed by atoms with Gasteiger partial charge in [0.1, 0.15) is 0 Å². The predicted octanol–water partition coefficient (Wildman–Crippen LogP) is 4.15. The molecular weight excluding hydrogens is 436 g/mol. The molecule has 4 bridgehead atoms. The number of nitrogens with one attached hydrogen (secondary N) is 1. The average Bonchev–Trinajstić information content (AvgIpc) is 3.44. The van der Waals surface area contributed by atoms with Crippen molar-refractivity contribution in [2.24, 2.45) is 23.2 Å². The molecule has 180 valence electrons. The number of hydrogen-bond donors (Lipinski definition) is 2. The molecular formula is C29H32N4O2. The van der Waals surface area contributed by atoms with E-state index in [4.69, 9.17) is 0 Å². The maximum atomic E-state index is 12.9. The fourth-order valence-electron chi connectivity index (χ4n) is 8.29. The van der Waals surface area contributed by atoms with E-state index in [0.717, 1.165) is 36.9 Å². The smallest absolute Gasteiger partial charge is 0.224 e. The van der Waals surface area contributed by atoms with E-state index < -0.39 is 0 Å². The van der Waals surface area contributed by atoms with Crippen molar-refractivity contribution in [3.8, 4) is 11.3 Å². The molecule has 0 saturated heterocycles. The van der Waals surface area contributed by atoms with Gasteiger partial charge in [0.15, 0.2) is 0 Å². The molecule has 0 radical (unpaired) electrons. The van der Waals surface area contributed by atoms with E-state index in [0.29, 0.717) is 24.2 Å². The van der Waals surface area contributed by atoms with Crippen LogP contribution in [0.2, 0.25) is 0 Å². The van der Waals surface area contributed by atoms with Crippen LogP contribution in [0.4, 0.5) is 0 Å². The molecule has 4 atom stereocenters. The van der Waals surface area contributed by atoms with Gasteiger partial charge in [0.25, 0.3) is 0 Å². The molecule has 0 spiro atoms. The molecule has 5 aliphatic rings. The van der Waals surface area contributed by atoms with Gasteiger partial charge in [-0.3, -0.25) is 9.78 Å². The Morgan fingerprint density at radius 1 is 1.09 bits per heavy atom. The first-order valence-electron chi connectivity index (χ1n) is 13.1. The number of aromatic nitrogens is 3. The van der Waals surface area contributed by atoms with E-state index in [2.05, 4.69) is 44.1 Å².